The predicted molar refractivity (Wildman–Crippen MR) is 77.4 cm³/mol. The highest BCUT2D eigenvalue weighted by atomic mass is 32.2. The maximum atomic E-state index is 11.6. The van der Waals surface area contributed by atoms with E-state index in [0.29, 0.717) is 17.9 Å². The van der Waals surface area contributed by atoms with Gasteiger partial charge in [-0.2, -0.15) is 0 Å². The van der Waals surface area contributed by atoms with Gasteiger partial charge in [0.05, 0.1) is 17.7 Å². The van der Waals surface area contributed by atoms with Crippen molar-refractivity contribution in [1.82, 2.24) is 5.32 Å². The van der Waals surface area contributed by atoms with Crippen LogP contribution in [0.15, 0.2) is 58.1 Å². The van der Waals surface area contributed by atoms with E-state index in [-0.39, 0.29) is 10.8 Å². The van der Waals surface area contributed by atoms with Gasteiger partial charge in [0.1, 0.15) is 5.76 Å². The van der Waals surface area contributed by atoms with Crippen LogP contribution in [0, 0.1) is 0 Å². The topological polar surface area (TPSA) is 102 Å². The second-order valence-electron chi connectivity index (χ2n) is 4.24. The Morgan fingerprint density at radius 3 is 2.52 bits per heavy atom. The number of hydrogen-bond acceptors (Lipinski definition) is 4. The van der Waals surface area contributed by atoms with Crippen molar-refractivity contribution in [3.05, 3.63) is 60.1 Å². The summed E-state index contributed by atoms with van der Waals surface area (Å²) in [5.74, 6) is 0.385. The molecule has 21 heavy (non-hydrogen) atoms. The van der Waals surface area contributed by atoms with E-state index in [4.69, 9.17) is 9.56 Å². The smallest absolute Gasteiger partial charge is 0.244 e. The Bertz CT molecular complexity index is 732. The van der Waals surface area contributed by atoms with Gasteiger partial charge in [0.25, 0.3) is 0 Å². The standard InChI is InChI=1S/C14H14N2O4S/c15-21(18,19)13-6-3-11(4-7-13)5-8-14(17)16-10-12-2-1-9-20-12/h1-9H,10H2,(H,16,17)(H2,15,18,19)/b8-5+. The Morgan fingerprint density at radius 2 is 1.95 bits per heavy atom. The number of amides is 1. The number of nitrogens with one attached hydrogen (secondary N) is 1. The average Bonchev–Trinajstić information content (AvgIpc) is 2.95. The molecule has 110 valence electrons. The third-order valence-electron chi connectivity index (χ3n) is 2.65. The molecule has 1 amide bonds. The molecule has 1 aromatic carbocycles. The van der Waals surface area contributed by atoms with Gasteiger partial charge in [-0.15, -0.1) is 0 Å². The van der Waals surface area contributed by atoms with Gasteiger partial charge >= 0.3 is 0 Å². The highest BCUT2D eigenvalue weighted by Gasteiger charge is 2.05. The van der Waals surface area contributed by atoms with Crippen molar-refractivity contribution in [2.45, 2.75) is 11.4 Å². The molecule has 0 unspecified atom stereocenters. The Hall–Kier alpha value is -2.38. The average molecular weight is 306 g/mol. The van der Waals surface area contributed by atoms with Crippen molar-refractivity contribution in [1.29, 1.82) is 0 Å². The summed E-state index contributed by atoms with van der Waals surface area (Å²) in [5.41, 5.74) is 0.690. The van der Waals surface area contributed by atoms with Crippen molar-refractivity contribution in [3.8, 4) is 0 Å². The molecule has 0 saturated carbocycles. The zero-order valence-corrected chi connectivity index (χ0v) is 11.8. The first kappa shape index (κ1) is 15.0. The molecule has 0 aliphatic heterocycles. The number of carbonyl (C=O) groups is 1. The van der Waals surface area contributed by atoms with Crippen molar-refractivity contribution < 1.29 is 17.6 Å². The monoisotopic (exact) mass is 306 g/mol. The van der Waals surface area contributed by atoms with Gasteiger partial charge in [-0.25, -0.2) is 13.6 Å². The maximum Gasteiger partial charge on any atom is 0.244 e. The van der Waals surface area contributed by atoms with E-state index in [9.17, 15) is 13.2 Å². The second kappa shape index (κ2) is 6.38. The molecular formula is C14H14N2O4S. The van der Waals surface area contributed by atoms with Crippen LogP contribution in [-0.2, 0) is 21.4 Å². The molecule has 0 atom stereocenters. The summed E-state index contributed by atoms with van der Waals surface area (Å²) < 4.78 is 27.3. The molecule has 7 heteroatoms. The molecular weight excluding hydrogens is 292 g/mol. The van der Waals surface area contributed by atoms with Crippen LogP contribution in [0.1, 0.15) is 11.3 Å². The summed E-state index contributed by atoms with van der Waals surface area (Å²) in [7, 11) is -3.70. The van der Waals surface area contributed by atoms with Crippen molar-refractivity contribution in [2.24, 2.45) is 5.14 Å². The SMILES string of the molecule is NS(=O)(=O)c1ccc(/C=C/C(=O)NCc2ccco2)cc1. The minimum Gasteiger partial charge on any atom is -0.467 e. The van der Waals surface area contributed by atoms with Gasteiger partial charge in [0, 0.05) is 6.08 Å². The molecule has 2 aromatic rings. The van der Waals surface area contributed by atoms with Crippen LogP contribution in [0.2, 0.25) is 0 Å². The molecule has 1 aromatic heterocycles. The predicted octanol–water partition coefficient (Wildman–Crippen LogP) is 1.26. The summed E-state index contributed by atoms with van der Waals surface area (Å²) in [6.45, 7) is 0.306. The number of benzene rings is 1. The third kappa shape index (κ3) is 4.59. The lowest BCUT2D eigenvalue weighted by Gasteiger charge is -2.00. The van der Waals surface area contributed by atoms with E-state index in [1.54, 1.807) is 30.3 Å². The van der Waals surface area contributed by atoms with Crippen molar-refractivity contribution in [3.63, 3.8) is 0 Å². The second-order valence-corrected chi connectivity index (χ2v) is 5.81. The van der Waals surface area contributed by atoms with Gasteiger partial charge < -0.3 is 9.73 Å². The lowest BCUT2D eigenvalue weighted by molar-refractivity contribution is -0.116. The fourth-order valence-corrected chi connectivity index (χ4v) is 2.10. The van der Waals surface area contributed by atoms with Gasteiger partial charge in [0.15, 0.2) is 0 Å². The Labute approximate surface area is 122 Å². The first-order chi connectivity index (χ1) is 9.95. The van der Waals surface area contributed by atoms with Crippen LogP contribution >= 0.6 is 0 Å². The van der Waals surface area contributed by atoms with E-state index in [1.807, 2.05) is 0 Å². The number of sulfonamides is 1. The number of hydrogen-bond donors (Lipinski definition) is 2. The van der Waals surface area contributed by atoms with Crippen LogP contribution in [0.4, 0.5) is 0 Å². The van der Waals surface area contributed by atoms with Gasteiger partial charge in [-0.3, -0.25) is 4.79 Å². The van der Waals surface area contributed by atoms with Gasteiger partial charge in [0.2, 0.25) is 15.9 Å². The molecule has 0 fully saturated rings. The van der Waals surface area contributed by atoms with Crippen molar-refractivity contribution in [2.75, 3.05) is 0 Å². The van der Waals surface area contributed by atoms with Crippen LogP contribution < -0.4 is 10.5 Å². The maximum absolute atomic E-state index is 11.6. The molecule has 0 bridgehead atoms. The van der Waals surface area contributed by atoms with Gasteiger partial charge in [-0.05, 0) is 35.9 Å². The lowest BCUT2D eigenvalue weighted by atomic mass is 10.2. The van der Waals surface area contributed by atoms with Crippen LogP contribution in [0.25, 0.3) is 6.08 Å². The Balaban J connectivity index is 1.93. The molecule has 0 aliphatic rings. The number of primary sulfonamides is 1. The molecule has 0 aliphatic carbocycles. The zero-order valence-electron chi connectivity index (χ0n) is 11.0. The quantitative estimate of drug-likeness (QED) is 0.812. The molecule has 0 spiro atoms. The lowest BCUT2D eigenvalue weighted by Crippen LogP contribution is -2.19. The summed E-state index contributed by atoms with van der Waals surface area (Å²) in [4.78, 5) is 11.6. The summed E-state index contributed by atoms with van der Waals surface area (Å²) in [6.07, 6.45) is 4.46. The third-order valence-corrected chi connectivity index (χ3v) is 3.58. The normalized spacial score (nSPS) is 11.7. The number of nitrogens with two attached hydrogens (primary N) is 1. The first-order valence-corrected chi connectivity index (χ1v) is 7.61. The van der Waals surface area contributed by atoms with E-state index in [2.05, 4.69) is 5.32 Å². The van der Waals surface area contributed by atoms with Gasteiger partial charge in [-0.1, -0.05) is 12.1 Å². The number of furan rings is 1. The number of rotatable bonds is 5. The largest absolute Gasteiger partial charge is 0.467 e. The van der Waals surface area contributed by atoms with Crippen LogP contribution in [-0.4, -0.2) is 14.3 Å². The fourth-order valence-electron chi connectivity index (χ4n) is 1.59. The highest BCUT2D eigenvalue weighted by Crippen LogP contribution is 2.09. The summed E-state index contributed by atoms with van der Waals surface area (Å²) >= 11 is 0. The molecule has 1 heterocycles. The molecule has 3 N–H and O–H groups in total. The van der Waals surface area contributed by atoms with E-state index >= 15 is 0 Å². The van der Waals surface area contributed by atoms with E-state index in [1.165, 1.54) is 24.5 Å². The Morgan fingerprint density at radius 1 is 1.24 bits per heavy atom. The van der Waals surface area contributed by atoms with Crippen molar-refractivity contribution >= 4 is 22.0 Å². The molecule has 0 radical (unpaired) electrons. The van der Waals surface area contributed by atoms with E-state index in [0.717, 1.165) is 0 Å². The fraction of sp³-hybridized carbons (Fsp3) is 0.0714. The molecule has 0 saturated heterocycles. The van der Waals surface area contributed by atoms with E-state index < -0.39 is 10.0 Å². The van der Waals surface area contributed by atoms with Crippen LogP contribution in [0.3, 0.4) is 0 Å². The number of carbonyl (C=O) groups excluding carboxylic acids is 1. The zero-order chi connectivity index (χ0) is 15.3. The first-order valence-electron chi connectivity index (χ1n) is 6.06. The summed E-state index contributed by atoms with van der Waals surface area (Å²) in [6, 6.07) is 9.40. The van der Waals surface area contributed by atoms with Crippen LogP contribution in [0.5, 0.6) is 0 Å². The summed E-state index contributed by atoms with van der Waals surface area (Å²) in [5, 5.41) is 7.65. The molecule has 6 nitrogen and oxygen atoms in total. The Kier molecular flexibility index (Phi) is 4.56. The highest BCUT2D eigenvalue weighted by molar-refractivity contribution is 7.89. The minimum atomic E-state index is -3.70. The minimum absolute atomic E-state index is 0.0296. The molecule has 2 rings (SSSR count).